The molecule has 0 aliphatic heterocycles. The van der Waals surface area contributed by atoms with E-state index in [1.807, 2.05) is 12.1 Å². The Morgan fingerprint density at radius 1 is 0.900 bits per heavy atom. The van der Waals surface area contributed by atoms with Gasteiger partial charge in [0.1, 0.15) is 5.75 Å². The summed E-state index contributed by atoms with van der Waals surface area (Å²) in [7, 11) is -1.98. The van der Waals surface area contributed by atoms with Crippen molar-refractivity contribution < 1.29 is 22.7 Å². The molecule has 3 aromatic rings. The molecule has 2 N–H and O–H groups in total. The molecule has 0 unspecified atom stereocenters. The Balaban J connectivity index is 1.66. The molecule has 0 spiro atoms. The minimum Gasteiger partial charge on any atom is -0.493 e. The normalized spacial score (nSPS) is 11.0. The fraction of sp³-hybridized carbons (Fsp3) is 0.136. The summed E-state index contributed by atoms with van der Waals surface area (Å²) in [4.78, 5) is 12.5. The van der Waals surface area contributed by atoms with Crippen LogP contribution in [0.1, 0.15) is 17.3 Å². The van der Waals surface area contributed by atoms with Crippen molar-refractivity contribution in [3.63, 3.8) is 0 Å². The lowest BCUT2D eigenvalue weighted by Gasteiger charge is -2.11. The van der Waals surface area contributed by atoms with Gasteiger partial charge in [-0.25, -0.2) is 13.1 Å². The van der Waals surface area contributed by atoms with Gasteiger partial charge in [-0.05, 0) is 60.7 Å². The molecule has 0 saturated heterocycles. The van der Waals surface area contributed by atoms with Crippen LogP contribution in [0.15, 0.2) is 77.7 Å². The number of hydrogen-bond donors (Lipinski definition) is 2. The smallest absolute Gasteiger partial charge is 0.255 e. The zero-order chi connectivity index (χ0) is 21.6. The molecular weight excluding hydrogens is 404 g/mol. The number of amides is 1. The summed E-state index contributed by atoms with van der Waals surface area (Å²) in [5.41, 5.74) is 0.927. The molecule has 0 atom stereocenters. The van der Waals surface area contributed by atoms with E-state index in [-0.39, 0.29) is 10.8 Å². The summed E-state index contributed by atoms with van der Waals surface area (Å²) < 4.78 is 37.4. The quantitative estimate of drug-likeness (QED) is 0.567. The largest absolute Gasteiger partial charge is 0.493 e. The van der Waals surface area contributed by atoms with Crippen molar-refractivity contribution in [1.29, 1.82) is 0 Å². The van der Waals surface area contributed by atoms with Crippen LogP contribution < -0.4 is 19.5 Å². The van der Waals surface area contributed by atoms with E-state index in [1.54, 1.807) is 50.4 Å². The number of methoxy groups -OCH3 is 1. The highest BCUT2D eigenvalue weighted by Crippen LogP contribution is 2.31. The highest BCUT2D eigenvalue weighted by molar-refractivity contribution is 7.89. The van der Waals surface area contributed by atoms with Gasteiger partial charge in [-0.15, -0.1) is 0 Å². The molecule has 0 bridgehead atoms. The van der Waals surface area contributed by atoms with E-state index in [0.29, 0.717) is 35.0 Å². The van der Waals surface area contributed by atoms with E-state index in [1.165, 1.54) is 24.3 Å². The topological polar surface area (TPSA) is 93.7 Å². The highest BCUT2D eigenvalue weighted by Gasteiger charge is 2.14. The van der Waals surface area contributed by atoms with Crippen LogP contribution in [0.25, 0.3) is 0 Å². The maximum Gasteiger partial charge on any atom is 0.255 e. The van der Waals surface area contributed by atoms with E-state index in [4.69, 9.17) is 9.47 Å². The van der Waals surface area contributed by atoms with E-state index in [0.717, 1.165) is 0 Å². The minimum absolute atomic E-state index is 0.110. The first kappa shape index (κ1) is 21.4. The zero-order valence-electron chi connectivity index (χ0n) is 16.6. The molecule has 30 heavy (non-hydrogen) atoms. The summed E-state index contributed by atoms with van der Waals surface area (Å²) in [6, 6.07) is 19.9. The van der Waals surface area contributed by atoms with Gasteiger partial charge in [0.15, 0.2) is 11.5 Å². The highest BCUT2D eigenvalue weighted by atomic mass is 32.2. The van der Waals surface area contributed by atoms with Crippen molar-refractivity contribution in [1.82, 2.24) is 4.72 Å². The third-order valence-corrected chi connectivity index (χ3v) is 5.73. The lowest BCUT2D eigenvalue weighted by molar-refractivity contribution is 0.102. The van der Waals surface area contributed by atoms with Crippen LogP contribution in [0.3, 0.4) is 0 Å². The molecule has 0 aromatic heterocycles. The minimum atomic E-state index is -3.55. The molecule has 0 radical (unpaired) electrons. The van der Waals surface area contributed by atoms with Gasteiger partial charge < -0.3 is 14.8 Å². The Morgan fingerprint density at radius 3 is 2.13 bits per heavy atom. The number of anilines is 1. The number of sulfonamides is 1. The van der Waals surface area contributed by atoms with Crippen molar-refractivity contribution in [2.45, 2.75) is 11.8 Å². The third kappa shape index (κ3) is 5.16. The number of benzene rings is 3. The average molecular weight is 426 g/mol. The van der Waals surface area contributed by atoms with Gasteiger partial charge in [0, 0.05) is 17.8 Å². The predicted molar refractivity (Wildman–Crippen MR) is 115 cm³/mol. The third-order valence-electron chi connectivity index (χ3n) is 4.17. The average Bonchev–Trinajstić information content (AvgIpc) is 2.75. The maximum absolute atomic E-state index is 12.4. The first-order valence-electron chi connectivity index (χ1n) is 9.25. The number of carbonyl (C=O) groups excluding carboxylic acids is 1. The van der Waals surface area contributed by atoms with Crippen LogP contribution in [0, 0.1) is 0 Å². The van der Waals surface area contributed by atoms with Crippen molar-refractivity contribution in [3.05, 3.63) is 78.4 Å². The molecule has 0 heterocycles. The monoisotopic (exact) mass is 426 g/mol. The molecule has 0 saturated carbocycles. The van der Waals surface area contributed by atoms with Crippen LogP contribution in [0.2, 0.25) is 0 Å². The second kappa shape index (κ2) is 9.43. The fourth-order valence-corrected chi connectivity index (χ4v) is 3.74. The first-order valence-corrected chi connectivity index (χ1v) is 10.7. The van der Waals surface area contributed by atoms with E-state index in [2.05, 4.69) is 10.0 Å². The van der Waals surface area contributed by atoms with E-state index < -0.39 is 10.0 Å². The van der Waals surface area contributed by atoms with Crippen LogP contribution in [-0.2, 0) is 10.0 Å². The second-order valence-corrected chi connectivity index (χ2v) is 8.02. The number of carbonyl (C=O) groups is 1. The van der Waals surface area contributed by atoms with Crippen LogP contribution in [0.5, 0.6) is 17.2 Å². The molecule has 3 rings (SSSR count). The van der Waals surface area contributed by atoms with Crippen LogP contribution in [-0.4, -0.2) is 28.0 Å². The Hall–Kier alpha value is -3.36. The summed E-state index contributed by atoms with van der Waals surface area (Å²) in [5.74, 6) is 1.45. The van der Waals surface area contributed by atoms with Gasteiger partial charge in [0.05, 0.1) is 12.0 Å². The van der Waals surface area contributed by atoms with Crippen LogP contribution >= 0.6 is 0 Å². The Kier molecular flexibility index (Phi) is 6.71. The SMILES string of the molecule is CCNS(=O)(=O)c1ccc(C(=O)Nc2ccc(Oc3ccccc3OC)cc2)cc1. The lowest BCUT2D eigenvalue weighted by atomic mass is 10.2. The van der Waals surface area contributed by atoms with Gasteiger partial charge in [-0.3, -0.25) is 4.79 Å². The molecule has 156 valence electrons. The fourth-order valence-electron chi connectivity index (χ4n) is 2.70. The van der Waals surface area contributed by atoms with Crippen molar-refractivity contribution in [2.75, 3.05) is 19.0 Å². The molecule has 7 nitrogen and oxygen atoms in total. The Morgan fingerprint density at radius 2 is 1.53 bits per heavy atom. The number of nitrogens with one attached hydrogen (secondary N) is 2. The predicted octanol–water partition coefficient (Wildman–Crippen LogP) is 4.04. The molecule has 0 aliphatic carbocycles. The van der Waals surface area contributed by atoms with Gasteiger partial charge in [-0.2, -0.15) is 0 Å². The molecule has 0 aliphatic rings. The summed E-state index contributed by atoms with van der Waals surface area (Å²) >= 11 is 0. The number of ether oxygens (including phenoxy) is 2. The van der Waals surface area contributed by atoms with Crippen LogP contribution in [0.4, 0.5) is 5.69 Å². The number of rotatable bonds is 8. The summed E-state index contributed by atoms with van der Waals surface area (Å²) in [6.45, 7) is 1.99. The second-order valence-electron chi connectivity index (χ2n) is 6.26. The Bertz CT molecular complexity index is 1110. The zero-order valence-corrected chi connectivity index (χ0v) is 17.4. The van der Waals surface area contributed by atoms with E-state index >= 15 is 0 Å². The summed E-state index contributed by atoms with van der Waals surface area (Å²) in [5, 5.41) is 2.77. The number of para-hydroxylation sites is 2. The van der Waals surface area contributed by atoms with Gasteiger partial charge in [-0.1, -0.05) is 19.1 Å². The first-order chi connectivity index (χ1) is 14.4. The molecule has 8 heteroatoms. The maximum atomic E-state index is 12.4. The van der Waals surface area contributed by atoms with E-state index in [9.17, 15) is 13.2 Å². The van der Waals surface area contributed by atoms with Gasteiger partial charge >= 0.3 is 0 Å². The Labute approximate surface area is 175 Å². The van der Waals surface area contributed by atoms with Gasteiger partial charge in [0.25, 0.3) is 5.91 Å². The molecule has 3 aromatic carbocycles. The molecular formula is C22H22N2O5S. The number of hydrogen-bond acceptors (Lipinski definition) is 5. The molecule has 1 amide bonds. The molecule has 0 fully saturated rings. The summed E-state index contributed by atoms with van der Waals surface area (Å²) in [6.07, 6.45) is 0. The van der Waals surface area contributed by atoms with Gasteiger partial charge in [0.2, 0.25) is 10.0 Å². The lowest BCUT2D eigenvalue weighted by Crippen LogP contribution is -2.23. The van der Waals surface area contributed by atoms with Crippen molar-refractivity contribution in [3.8, 4) is 17.2 Å². The van der Waals surface area contributed by atoms with Crippen molar-refractivity contribution in [2.24, 2.45) is 0 Å². The van der Waals surface area contributed by atoms with Crippen molar-refractivity contribution >= 4 is 21.6 Å². The standard InChI is InChI=1S/C22H22N2O5S/c1-3-23-30(26,27)19-14-8-16(9-15-19)22(25)24-17-10-12-18(13-11-17)29-21-7-5-4-6-20(21)28-2/h4-15,23H,3H2,1-2H3,(H,24,25).